The zero-order chi connectivity index (χ0) is 13.1. The summed E-state index contributed by atoms with van der Waals surface area (Å²) in [7, 11) is 1.45. The second-order valence-corrected chi connectivity index (χ2v) is 5.54. The average Bonchev–Trinajstić information content (AvgIpc) is 2.78. The molecule has 0 spiro atoms. The van der Waals surface area contributed by atoms with Crippen LogP contribution in [0.1, 0.15) is 13.8 Å². The molecule has 0 saturated carbocycles. The molecule has 1 aromatic carbocycles. The van der Waals surface area contributed by atoms with Gasteiger partial charge in [0.15, 0.2) is 16.7 Å². The van der Waals surface area contributed by atoms with Gasteiger partial charge < -0.3 is 10.1 Å². The zero-order valence-electron chi connectivity index (χ0n) is 10.7. The maximum atomic E-state index is 13.5. The van der Waals surface area contributed by atoms with E-state index >= 15 is 0 Å². The number of aliphatic imine (C=N–C) groups is 1. The molecule has 0 amide bonds. The van der Waals surface area contributed by atoms with E-state index in [1.807, 2.05) is 0 Å². The molecule has 18 heavy (non-hydrogen) atoms. The number of hydrogen-bond acceptors (Lipinski definition) is 4. The number of rotatable bonds is 3. The number of hydrogen-bond donors (Lipinski definition) is 1. The first-order valence-electron chi connectivity index (χ1n) is 5.91. The smallest absolute Gasteiger partial charge is 0.167 e. The molecule has 0 fully saturated rings. The van der Waals surface area contributed by atoms with Crippen molar-refractivity contribution in [1.82, 2.24) is 0 Å². The van der Waals surface area contributed by atoms with Gasteiger partial charge in [-0.2, -0.15) is 0 Å². The number of ether oxygens (including phenoxy) is 1. The Morgan fingerprint density at radius 2 is 2.28 bits per heavy atom. The van der Waals surface area contributed by atoms with E-state index in [0.717, 1.165) is 10.9 Å². The largest absolute Gasteiger partial charge is 0.494 e. The Balaban J connectivity index is 2.06. The first kappa shape index (κ1) is 13.2. The molecule has 0 aromatic heterocycles. The Hall–Kier alpha value is -1.23. The Kier molecular flexibility index (Phi) is 4.11. The summed E-state index contributed by atoms with van der Waals surface area (Å²) in [6.07, 6.45) is 0. The number of methoxy groups -OCH3 is 1. The summed E-state index contributed by atoms with van der Waals surface area (Å²) < 4.78 is 18.4. The minimum atomic E-state index is -0.369. The van der Waals surface area contributed by atoms with Crippen molar-refractivity contribution in [3.8, 4) is 5.75 Å². The van der Waals surface area contributed by atoms with Crippen molar-refractivity contribution in [3.63, 3.8) is 0 Å². The summed E-state index contributed by atoms with van der Waals surface area (Å²) in [5.41, 5.74) is 0.698. The van der Waals surface area contributed by atoms with E-state index < -0.39 is 0 Å². The summed E-state index contributed by atoms with van der Waals surface area (Å²) in [4.78, 5) is 4.57. The third-order valence-electron chi connectivity index (χ3n) is 2.85. The lowest BCUT2D eigenvalue weighted by atomic mass is 10.1. The van der Waals surface area contributed by atoms with E-state index in [-0.39, 0.29) is 11.6 Å². The van der Waals surface area contributed by atoms with Crippen LogP contribution >= 0.6 is 11.8 Å². The van der Waals surface area contributed by atoms with Gasteiger partial charge >= 0.3 is 0 Å². The highest BCUT2D eigenvalue weighted by atomic mass is 32.2. The summed E-state index contributed by atoms with van der Waals surface area (Å²) in [6.45, 7) is 4.31. The van der Waals surface area contributed by atoms with Gasteiger partial charge in [0, 0.05) is 17.5 Å². The van der Waals surface area contributed by atoms with E-state index in [2.05, 4.69) is 24.2 Å². The molecule has 0 saturated heterocycles. The second-order valence-electron chi connectivity index (χ2n) is 4.53. The molecular weight excluding hydrogens is 251 g/mol. The molecule has 1 N–H and O–H groups in total. The lowest BCUT2D eigenvalue weighted by Gasteiger charge is -2.08. The predicted octanol–water partition coefficient (Wildman–Crippen LogP) is 3.37. The monoisotopic (exact) mass is 268 g/mol. The van der Waals surface area contributed by atoms with Crippen molar-refractivity contribution in [1.29, 1.82) is 0 Å². The van der Waals surface area contributed by atoms with Crippen LogP contribution in [0.4, 0.5) is 10.1 Å². The second kappa shape index (κ2) is 5.61. The maximum absolute atomic E-state index is 13.5. The summed E-state index contributed by atoms with van der Waals surface area (Å²) in [5, 5.41) is 3.99. The van der Waals surface area contributed by atoms with Crippen LogP contribution in [0, 0.1) is 11.7 Å². The standard InChI is InChI=1S/C13H17FN2OS/c1-8(2)11-7-18-13(16-11)15-9-4-5-12(17-3)10(14)6-9/h4-6,8,11H,7H2,1-3H3,(H,15,16). The fourth-order valence-electron chi connectivity index (χ4n) is 1.67. The van der Waals surface area contributed by atoms with Gasteiger partial charge in [0.25, 0.3) is 0 Å². The minimum Gasteiger partial charge on any atom is -0.494 e. The lowest BCUT2D eigenvalue weighted by Crippen LogP contribution is -2.12. The van der Waals surface area contributed by atoms with Crippen LogP contribution in [-0.2, 0) is 0 Å². The fraction of sp³-hybridized carbons (Fsp3) is 0.462. The molecule has 1 aromatic rings. The zero-order valence-corrected chi connectivity index (χ0v) is 11.6. The van der Waals surface area contributed by atoms with Crippen molar-refractivity contribution in [2.24, 2.45) is 10.9 Å². The van der Waals surface area contributed by atoms with Crippen LogP contribution in [0.25, 0.3) is 0 Å². The van der Waals surface area contributed by atoms with Gasteiger partial charge in [-0.25, -0.2) is 4.39 Å². The number of thioether (sulfide) groups is 1. The highest BCUT2D eigenvalue weighted by Crippen LogP contribution is 2.26. The Labute approximate surface area is 111 Å². The third kappa shape index (κ3) is 2.96. The number of halogens is 1. The van der Waals surface area contributed by atoms with Crippen LogP contribution in [0.2, 0.25) is 0 Å². The van der Waals surface area contributed by atoms with Gasteiger partial charge in [0.05, 0.1) is 13.2 Å². The molecule has 1 heterocycles. The van der Waals surface area contributed by atoms with Crippen molar-refractivity contribution >= 4 is 22.6 Å². The van der Waals surface area contributed by atoms with Gasteiger partial charge in [0.2, 0.25) is 0 Å². The molecule has 1 unspecified atom stereocenters. The van der Waals surface area contributed by atoms with Gasteiger partial charge in [-0.05, 0) is 18.1 Å². The molecule has 0 aliphatic carbocycles. The molecule has 98 valence electrons. The van der Waals surface area contributed by atoms with E-state index in [9.17, 15) is 4.39 Å². The SMILES string of the molecule is COc1ccc(NC2=NC(C(C)C)CS2)cc1F. The van der Waals surface area contributed by atoms with E-state index in [0.29, 0.717) is 17.6 Å². The van der Waals surface area contributed by atoms with E-state index in [1.54, 1.807) is 23.9 Å². The normalized spacial score (nSPS) is 18.9. The molecule has 1 aliphatic heterocycles. The molecule has 2 rings (SSSR count). The molecular formula is C13H17FN2OS. The number of nitrogens with zero attached hydrogens (tertiary/aromatic N) is 1. The first-order chi connectivity index (χ1) is 8.60. The van der Waals surface area contributed by atoms with E-state index in [4.69, 9.17) is 4.74 Å². The number of anilines is 1. The van der Waals surface area contributed by atoms with Gasteiger partial charge in [-0.15, -0.1) is 0 Å². The molecule has 0 radical (unpaired) electrons. The van der Waals surface area contributed by atoms with Crippen LogP contribution in [0.15, 0.2) is 23.2 Å². The molecule has 5 heteroatoms. The minimum absolute atomic E-state index is 0.252. The topological polar surface area (TPSA) is 33.6 Å². The third-order valence-corrected chi connectivity index (χ3v) is 3.84. The summed E-state index contributed by atoms with van der Waals surface area (Å²) in [5.74, 6) is 1.40. The molecule has 3 nitrogen and oxygen atoms in total. The van der Waals surface area contributed by atoms with Crippen molar-refractivity contribution < 1.29 is 9.13 Å². The average molecular weight is 268 g/mol. The fourth-order valence-corrected chi connectivity index (χ4v) is 2.85. The maximum Gasteiger partial charge on any atom is 0.167 e. The number of nitrogens with one attached hydrogen (secondary N) is 1. The molecule has 1 atom stereocenters. The Morgan fingerprint density at radius 3 is 2.83 bits per heavy atom. The van der Waals surface area contributed by atoms with Gasteiger partial charge in [-0.1, -0.05) is 25.6 Å². The van der Waals surface area contributed by atoms with Gasteiger partial charge in [-0.3, -0.25) is 4.99 Å². The van der Waals surface area contributed by atoms with Crippen LogP contribution in [-0.4, -0.2) is 24.1 Å². The van der Waals surface area contributed by atoms with E-state index in [1.165, 1.54) is 13.2 Å². The quantitative estimate of drug-likeness (QED) is 0.912. The highest BCUT2D eigenvalue weighted by molar-refractivity contribution is 8.14. The Morgan fingerprint density at radius 1 is 1.50 bits per heavy atom. The van der Waals surface area contributed by atoms with Crippen LogP contribution in [0.3, 0.4) is 0 Å². The summed E-state index contributed by atoms with van der Waals surface area (Å²) in [6, 6.07) is 5.16. The van der Waals surface area contributed by atoms with Crippen molar-refractivity contribution in [3.05, 3.63) is 24.0 Å². The molecule has 0 bridgehead atoms. The van der Waals surface area contributed by atoms with Gasteiger partial charge in [0.1, 0.15) is 0 Å². The van der Waals surface area contributed by atoms with Crippen LogP contribution < -0.4 is 10.1 Å². The molecule has 1 aliphatic rings. The van der Waals surface area contributed by atoms with Crippen LogP contribution in [0.5, 0.6) is 5.75 Å². The van der Waals surface area contributed by atoms with Crippen molar-refractivity contribution in [2.75, 3.05) is 18.2 Å². The lowest BCUT2D eigenvalue weighted by molar-refractivity contribution is 0.387. The number of benzene rings is 1. The Bertz CT molecular complexity index is 462. The summed E-state index contributed by atoms with van der Waals surface area (Å²) >= 11 is 1.67. The first-order valence-corrected chi connectivity index (χ1v) is 6.90. The highest BCUT2D eigenvalue weighted by Gasteiger charge is 2.21. The predicted molar refractivity (Wildman–Crippen MR) is 75.1 cm³/mol. The van der Waals surface area contributed by atoms with Crippen molar-refractivity contribution in [2.45, 2.75) is 19.9 Å². The number of amidine groups is 1.